The van der Waals surface area contributed by atoms with Gasteiger partial charge in [0.15, 0.2) is 5.96 Å². The number of esters is 1. The molecular formula is C19H30N4O3. The minimum Gasteiger partial charge on any atom is -0.477 e. The first kappa shape index (κ1) is 20.0. The average Bonchev–Trinajstić information content (AvgIpc) is 2.69. The Labute approximate surface area is 155 Å². The highest BCUT2D eigenvalue weighted by Crippen LogP contribution is 2.19. The zero-order valence-electron chi connectivity index (χ0n) is 16.0. The van der Waals surface area contributed by atoms with Gasteiger partial charge in [0.05, 0.1) is 19.6 Å². The largest absolute Gasteiger partial charge is 0.477 e. The van der Waals surface area contributed by atoms with Gasteiger partial charge in [-0.05, 0) is 25.3 Å². The van der Waals surface area contributed by atoms with Crippen molar-refractivity contribution in [3.63, 3.8) is 0 Å². The van der Waals surface area contributed by atoms with Crippen LogP contribution in [0.25, 0.3) is 0 Å². The van der Waals surface area contributed by atoms with E-state index in [0.717, 1.165) is 50.3 Å². The van der Waals surface area contributed by atoms with E-state index in [9.17, 15) is 4.79 Å². The quantitative estimate of drug-likeness (QED) is 0.347. The molecule has 0 bridgehead atoms. The number of nitrogens with one attached hydrogen (secondary N) is 1. The number of carbonyl (C=O) groups excluding carboxylic acids is 1. The number of guanidine groups is 1. The number of unbranched alkanes of at least 4 members (excludes halogenated alkanes) is 1. The van der Waals surface area contributed by atoms with E-state index in [0.29, 0.717) is 19.0 Å². The molecule has 0 amide bonds. The van der Waals surface area contributed by atoms with E-state index >= 15 is 0 Å². The van der Waals surface area contributed by atoms with Crippen LogP contribution in [0, 0.1) is 5.92 Å². The standard InChI is InChI=1S/C19H30N4O3/c1-4-5-13-26-17-16(7-6-10-21-17)14-22-19(20-2)23-11-8-15(9-12-23)18(24)25-3/h6-7,10,15H,4-5,8-9,11-14H2,1-3H3,(H,20,22). The van der Waals surface area contributed by atoms with Crippen molar-refractivity contribution in [1.29, 1.82) is 0 Å². The number of hydrogen-bond donors (Lipinski definition) is 1. The number of rotatable bonds is 7. The van der Waals surface area contributed by atoms with Crippen LogP contribution in [0.2, 0.25) is 0 Å². The van der Waals surface area contributed by atoms with Gasteiger partial charge in [0, 0.05) is 38.4 Å². The summed E-state index contributed by atoms with van der Waals surface area (Å²) in [6.45, 7) is 4.98. The lowest BCUT2D eigenvalue weighted by atomic mass is 9.97. The van der Waals surface area contributed by atoms with Crippen LogP contribution in [0.15, 0.2) is 23.3 Å². The molecule has 26 heavy (non-hydrogen) atoms. The maximum absolute atomic E-state index is 11.7. The summed E-state index contributed by atoms with van der Waals surface area (Å²) >= 11 is 0. The first-order valence-electron chi connectivity index (χ1n) is 9.29. The van der Waals surface area contributed by atoms with Crippen LogP contribution in [0.3, 0.4) is 0 Å². The summed E-state index contributed by atoms with van der Waals surface area (Å²) in [5, 5.41) is 3.38. The van der Waals surface area contributed by atoms with Crippen molar-refractivity contribution in [3.05, 3.63) is 23.9 Å². The van der Waals surface area contributed by atoms with Gasteiger partial charge < -0.3 is 19.7 Å². The monoisotopic (exact) mass is 362 g/mol. The van der Waals surface area contributed by atoms with Gasteiger partial charge in [-0.15, -0.1) is 0 Å². The predicted octanol–water partition coefficient (Wildman–Crippen LogP) is 2.22. The molecule has 7 nitrogen and oxygen atoms in total. The SMILES string of the molecule is CCCCOc1ncccc1CNC(=NC)N1CCC(C(=O)OC)CC1. The Bertz CT molecular complexity index is 598. The van der Waals surface area contributed by atoms with Crippen LogP contribution < -0.4 is 10.1 Å². The lowest BCUT2D eigenvalue weighted by molar-refractivity contribution is -0.146. The van der Waals surface area contributed by atoms with E-state index in [4.69, 9.17) is 9.47 Å². The maximum atomic E-state index is 11.7. The Hall–Kier alpha value is -2.31. The molecule has 2 rings (SSSR count). The van der Waals surface area contributed by atoms with E-state index in [-0.39, 0.29) is 11.9 Å². The van der Waals surface area contributed by atoms with Gasteiger partial charge >= 0.3 is 5.97 Å². The molecule has 0 radical (unpaired) electrons. The Morgan fingerprint density at radius 2 is 2.19 bits per heavy atom. The van der Waals surface area contributed by atoms with Crippen molar-refractivity contribution >= 4 is 11.9 Å². The molecule has 7 heteroatoms. The molecule has 0 atom stereocenters. The molecule has 144 valence electrons. The predicted molar refractivity (Wildman–Crippen MR) is 101 cm³/mol. The molecule has 0 unspecified atom stereocenters. The Morgan fingerprint density at radius 3 is 2.85 bits per heavy atom. The third-order valence-electron chi connectivity index (χ3n) is 4.56. The van der Waals surface area contributed by atoms with Crippen LogP contribution in [0.4, 0.5) is 0 Å². The second-order valence-electron chi connectivity index (χ2n) is 6.35. The van der Waals surface area contributed by atoms with E-state index in [1.54, 1.807) is 13.2 Å². The van der Waals surface area contributed by atoms with Gasteiger partial charge in [0.2, 0.25) is 5.88 Å². The first-order valence-corrected chi connectivity index (χ1v) is 9.29. The minimum atomic E-state index is -0.114. The maximum Gasteiger partial charge on any atom is 0.308 e. The lowest BCUT2D eigenvalue weighted by Gasteiger charge is -2.33. The number of nitrogens with zero attached hydrogens (tertiary/aromatic N) is 3. The second kappa shape index (κ2) is 10.6. The fourth-order valence-electron chi connectivity index (χ4n) is 3.00. The number of hydrogen-bond acceptors (Lipinski definition) is 5. The van der Waals surface area contributed by atoms with Gasteiger partial charge in [0.1, 0.15) is 0 Å². The molecule has 0 spiro atoms. The van der Waals surface area contributed by atoms with Crippen LogP contribution in [-0.4, -0.2) is 55.7 Å². The molecule has 1 aromatic rings. The molecule has 1 fully saturated rings. The van der Waals surface area contributed by atoms with Crippen molar-refractivity contribution in [3.8, 4) is 5.88 Å². The van der Waals surface area contributed by atoms with E-state index in [1.807, 2.05) is 12.1 Å². The van der Waals surface area contributed by atoms with Gasteiger partial charge in [0.25, 0.3) is 0 Å². The zero-order chi connectivity index (χ0) is 18.8. The normalized spacial score (nSPS) is 15.7. The highest BCUT2D eigenvalue weighted by atomic mass is 16.5. The number of carbonyl (C=O) groups is 1. The first-order chi connectivity index (χ1) is 12.7. The Balaban J connectivity index is 1.89. The van der Waals surface area contributed by atoms with Crippen LogP contribution in [0.1, 0.15) is 38.2 Å². The van der Waals surface area contributed by atoms with Gasteiger partial charge in [-0.25, -0.2) is 4.98 Å². The molecule has 0 saturated carbocycles. The molecular weight excluding hydrogens is 332 g/mol. The third kappa shape index (κ3) is 5.61. The molecule has 1 aliphatic rings. The second-order valence-corrected chi connectivity index (χ2v) is 6.35. The molecule has 0 aliphatic carbocycles. The summed E-state index contributed by atoms with van der Waals surface area (Å²) in [5.74, 6) is 1.38. The van der Waals surface area contributed by atoms with E-state index in [2.05, 4.69) is 27.1 Å². The van der Waals surface area contributed by atoms with Crippen molar-refractivity contribution in [1.82, 2.24) is 15.2 Å². The number of piperidine rings is 1. The van der Waals surface area contributed by atoms with Crippen molar-refractivity contribution in [2.24, 2.45) is 10.9 Å². The smallest absolute Gasteiger partial charge is 0.308 e. The van der Waals surface area contributed by atoms with E-state index < -0.39 is 0 Å². The van der Waals surface area contributed by atoms with Crippen molar-refractivity contribution in [2.75, 3.05) is 33.9 Å². The molecule has 1 aromatic heterocycles. The molecule has 1 aliphatic heterocycles. The molecule has 0 aromatic carbocycles. The molecule has 2 heterocycles. The van der Waals surface area contributed by atoms with Gasteiger partial charge in [-0.1, -0.05) is 19.4 Å². The summed E-state index contributed by atoms with van der Waals surface area (Å²) < 4.78 is 10.6. The lowest BCUT2D eigenvalue weighted by Crippen LogP contribution is -2.46. The Kier molecular flexibility index (Phi) is 8.18. The number of methoxy groups -OCH3 is 1. The zero-order valence-corrected chi connectivity index (χ0v) is 16.0. The van der Waals surface area contributed by atoms with Gasteiger partial charge in [-0.3, -0.25) is 9.79 Å². The van der Waals surface area contributed by atoms with Crippen molar-refractivity contribution < 1.29 is 14.3 Å². The number of ether oxygens (including phenoxy) is 2. The number of aromatic nitrogens is 1. The Morgan fingerprint density at radius 1 is 1.42 bits per heavy atom. The summed E-state index contributed by atoms with van der Waals surface area (Å²) in [5.41, 5.74) is 1.01. The molecule has 1 N–H and O–H groups in total. The highest BCUT2D eigenvalue weighted by Gasteiger charge is 2.27. The fourth-order valence-corrected chi connectivity index (χ4v) is 3.00. The summed E-state index contributed by atoms with van der Waals surface area (Å²) in [4.78, 5) is 22.6. The summed E-state index contributed by atoms with van der Waals surface area (Å²) in [6.07, 6.45) is 5.42. The summed E-state index contributed by atoms with van der Waals surface area (Å²) in [7, 11) is 3.22. The van der Waals surface area contributed by atoms with Gasteiger partial charge in [-0.2, -0.15) is 0 Å². The number of likely N-dealkylation sites (tertiary alicyclic amines) is 1. The topological polar surface area (TPSA) is 76.0 Å². The average molecular weight is 362 g/mol. The van der Waals surface area contributed by atoms with Crippen LogP contribution >= 0.6 is 0 Å². The highest BCUT2D eigenvalue weighted by molar-refractivity contribution is 5.80. The summed E-state index contributed by atoms with van der Waals surface area (Å²) in [6, 6.07) is 3.92. The number of pyridine rings is 1. The fraction of sp³-hybridized carbons (Fsp3) is 0.632. The van der Waals surface area contributed by atoms with E-state index in [1.165, 1.54) is 7.11 Å². The number of aliphatic imine (C=N–C) groups is 1. The van der Waals surface area contributed by atoms with Crippen LogP contribution in [0.5, 0.6) is 5.88 Å². The minimum absolute atomic E-state index is 0.00810. The third-order valence-corrected chi connectivity index (χ3v) is 4.56. The van der Waals surface area contributed by atoms with Crippen LogP contribution in [-0.2, 0) is 16.1 Å². The molecule has 1 saturated heterocycles. The van der Waals surface area contributed by atoms with Crippen molar-refractivity contribution in [2.45, 2.75) is 39.2 Å².